The van der Waals surface area contributed by atoms with Crippen LogP contribution in [0.25, 0.3) is 0 Å². The minimum absolute atomic E-state index is 0.387. The number of rotatable bonds is 3. The summed E-state index contributed by atoms with van der Waals surface area (Å²) in [5, 5.41) is 39.3. The summed E-state index contributed by atoms with van der Waals surface area (Å²) in [5.74, 6) is -1.36. The van der Waals surface area contributed by atoms with Crippen LogP contribution < -0.4 is 9.47 Å². The number of nitrogens with zero attached hydrogens (tertiary/aromatic N) is 3. The van der Waals surface area contributed by atoms with E-state index in [4.69, 9.17) is 24.4 Å². The molecule has 0 unspecified atom stereocenters. The van der Waals surface area contributed by atoms with E-state index in [1.165, 1.54) is 14.2 Å². The summed E-state index contributed by atoms with van der Waals surface area (Å²) in [6, 6.07) is 11.4. The number of hydrogen-bond acceptors (Lipinski definition) is 8. The first-order chi connectivity index (χ1) is 14.0. The molecule has 4 aliphatic rings. The van der Waals surface area contributed by atoms with Crippen LogP contribution in [0.5, 0.6) is 11.5 Å². The van der Waals surface area contributed by atoms with Gasteiger partial charge in [0.2, 0.25) is 11.7 Å². The molecule has 1 aromatic rings. The molecule has 8 heteroatoms. The Labute approximate surface area is 168 Å². The van der Waals surface area contributed by atoms with Crippen LogP contribution in [0.15, 0.2) is 18.2 Å². The molecule has 8 nitrogen and oxygen atoms in total. The van der Waals surface area contributed by atoms with Gasteiger partial charge in [0.1, 0.15) is 17.6 Å². The number of nitrogens with one attached hydrogen (secondary N) is 1. The van der Waals surface area contributed by atoms with Gasteiger partial charge in [0.05, 0.1) is 38.3 Å². The molecule has 1 N–H and O–H groups in total. The number of hydrogen-bond donors (Lipinski definition) is 1. The summed E-state index contributed by atoms with van der Waals surface area (Å²) >= 11 is 0. The lowest BCUT2D eigenvalue weighted by Crippen LogP contribution is -2.73. The van der Waals surface area contributed by atoms with E-state index in [0.29, 0.717) is 29.9 Å². The van der Waals surface area contributed by atoms with E-state index in [1.54, 1.807) is 18.2 Å². The second kappa shape index (κ2) is 6.37. The second-order valence-corrected chi connectivity index (χ2v) is 7.60. The monoisotopic (exact) mass is 392 g/mol. The third kappa shape index (κ3) is 2.11. The van der Waals surface area contributed by atoms with Crippen molar-refractivity contribution in [3.8, 4) is 29.7 Å². The normalized spacial score (nSPS) is 34.0. The van der Waals surface area contributed by atoms with Crippen molar-refractivity contribution in [3.05, 3.63) is 23.8 Å². The zero-order valence-corrected chi connectivity index (χ0v) is 16.2. The molecule has 3 saturated heterocycles. The van der Waals surface area contributed by atoms with Crippen LogP contribution >= 0.6 is 0 Å². The van der Waals surface area contributed by atoms with Crippen molar-refractivity contribution < 1.29 is 18.9 Å². The van der Waals surface area contributed by atoms with Crippen molar-refractivity contribution >= 4 is 5.90 Å². The molecule has 4 atom stereocenters. The first-order valence-corrected chi connectivity index (χ1v) is 9.40. The van der Waals surface area contributed by atoms with E-state index in [2.05, 4.69) is 18.2 Å². The predicted octanol–water partition coefficient (Wildman–Crippen LogP) is 3.21. The number of nitriles is 3. The maximum absolute atomic E-state index is 10.3. The highest BCUT2D eigenvalue weighted by molar-refractivity contribution is 5.89. The van der Waals surface area contributed by atoms with Gasteiger partial charge in [-0.05, 0) is 25.0 Å². The number of fused-ring (bicyclic) bond motifs is 2. The summed E-state index contributed by atoms with van der Waals surface area (Å²) in [7, 11) is 3.00. The molecule has 2 bridgehead atoms. The minimum atomic E-state index is -1.91. The molecule has 5 rings (SSSR count). The van der Waals surface area contributed by atoms with Gasteiger partial charge in [-0.2, -0.15) is 15.8 Å². The first-order valence-electron chi connectivity index (χ1n) is 9.40. The molecule has 29 heavy (non-hydrogen) atoms. The highest BCUT2D eigenvalue weighted by Crippen LogP contribution is 2.69. The molecule has 4 fully saturated rings. The summed E-state index contributed by atoms with van der Waals surface area (Å²) < 4.78 is 23.0. The minimum Gasteiger partial charge on any atom is -0.497 e. The van der Waals surface area contributed by atoms with Crippen LogP contribution in [0.1, 0.15) is 37.4 Å². The van der Waals surface area contributed by atoms with E-state index in [0.717, 1.165) is 12.8 Å². The van der Waals surface area contributed by atoms with Crippen molar-refractivity contribution in [1.82, 2.24) is 0 Å². The lowest BCUT2D eigenvalue weighted by atomic mass is 9.48. The predicted molar refractivity (Wildman–Crippen MR) is 98.6 cm³/mol. The van der Waals surface area contributed by atoms with Gasteiger partial charge >= 0.3 is 0 Å². The van der Waals surface area contributed by atoms with Crippen molar-refractivity contribution in [2.24, 2.45) is 16.7 Å². The molecule has 3 aliphatic heterocycles. The van der Waals surface area contributed by atoms with Crippen LogP contribution in [-0.2, 0) is 9.47 Å². The zero-order valence-electron chi connectivity index (χ0n) is 16.2. The standard InChI is InChI=1S/C21H20N4O4/c1-26-13-6-7-14(15(9-13)27-2)17-20(12-24)18(25)29-21(28-17)8-4-3-5-16(21)19(20,10-22)11-23/h6-7,9,16-17,25H,3-5,8H2,1-2H3/t16-,17-,20-,21-/m1/s1. The Hall–Kier alpha value is -3.28. The van der Waals surface area contributed by atoms with Gasteiger partial charge in [-0.15, -0.1) is 0 Å². The Morgan fingerprint density at radius 3 is 2.48 bits per heavy atom. The largest absolute Gasteiger partial charge is 0.497 e. The summed E-state index contributed by atoms with van der Waals surface area (Å²) in [4.78, 5) is 0. The fourth-order valence-electron chi connectivity index (χ4n) is 5.16. The highest BCUT2D eigenvalue weighted by Gasteiger charge is 2.80. The molecule has 0 amide bonds. The summed E-state index contributed by atoms with van der Waals surface area (Å²) in [6.45, 7) is 0. The Morgan fingerprint density at radius 1 is 1.10 bits per heavy atom. The van der Waals surface area contributed by atoms with Crippen molar-refractivity contribution in [2.75, 3.05) is 14.2 Å². The summed E-state index contributed by atoms with van der Waals surface area (Å²) in [5.41, 5.74) is -3.21. The van der Waals surface area contributed by atoms with E-state index < -0.39 is 34.5 Å². The molecule has 1 aromatic carbocycles. The molecule has 3 heterocycles. The SMILES string of the molecule is COc1ccc([C@H]2O[C@@]34CCCC[C@@H]3C(C#N)(C#N)[C@@]2(C#N)C(=N)O4)c(OC)c1. The number of ether oxygens (including phenoxy) is 4. The molecule has 148 valence electrons. The molecule has 1 saturated carbocycles. The fraction of sp³-hybridized carbons (Fsp3) is 0.524. The fourth-order valence-corrected chi connectivity index (χ4v) is 5.16. The smallest absolute Gasteiger partial charge is 0.218 e. The topological polar surface area (TPSA) is 132 Å². The van der Waals surface area contributed by atoms with Gasteiger partial charge in [-0.1, -0.05) is 6.42 Å². The van der Waals surface area contributed by atoms with E-state index in [9.17, 15) is 15.8 Å². The maximum Gasteiger partial charge on any atom is 0.218 e. The Morgan fingerprint density at radius 2 is 1.86 bits per heavy atom. The van der Waals surface area contributed by atoms with Gasteiger partial charge in [0.15, 0.2) is 10.8 Å². The third-order valence-electron chi connectivity index (χ3n) is 6.54. The molecular formula is C21H20N4O4. The molecule has 1 aliphatic carbocycles. The number of benzene rings is 1. The molecular weight excluding hydrogens is 372 g/mol. The van der Waals surface area contributed by atoms with Crippen molar-refractivity contribution in [2.45, 2.75) is 37.6 Å². The van der Waals surface area contributed by atoms with Gasteiger partial charge in [0, 0.05) is 18.1 Å². The van der Waals surface area contributed by atoms with E-state index in [-0.39, 0.29) is 0 Å². The number of methoxy groups -OCH3 is 2. The maximum atomic E-state index is 10.3. The van der Waals surface area contributed by atoms with Gasteiger partial charge in [-0.25, -0.2) is 0 Å². The quantitative estimate of drug-likeness (QED) is 0.835. The zero-order chi connectivity index (χ0) is 20.9. The Bertz CT molecular complexity index is 989. The molecule has 0 aromatic heterocycles. The van der Waals surface area contributed by atoms with E-state index in [1.807, 2.05) is 0 Å². The Kier molecular flexibility index (Phi) is 4.19. The lowest BCUT2D eigenvalue weighted by Gasteiger charge is -2.63. The van der Waals surface area contributed by atoms with E-state index >= 15 is 0 Å². The summed E-state index contributed by atoms with van der Waals surface area (Å²) in [6.07, 6.45) is 1.48. The van der Waals surface area contributed by atoms with Crippen molar-refractivity contribution in [1.29, 1.82) is 21.2 Å². The van der Waals surface area contributed by atoms with Gasteiger partial charge in [-0.3, -0.25) is 5.41 Å². The van der Waals surface area contributed by atoms with Crippen LogP contribution in [-0.4, -0.2) is 25.9 Å². The highest BCUT2D eigenvalue weighted by atomic mass is 16.7. The molecule has 0 radical (unpaired) electrons. The average Bonchev–Trinajstić information content (AvgIpc) is 2.76. The van der Waals surface area contributed by atoms with Crippen LogP contribution in [0.2, 0.25) is 0 Å². The van der Waals surface area contributed by atoms with Crippen LogP contribution in [0, 0.1) is 56.2 Å². The Balaban J connectivity index is 2.01. The van der Waals surface area contributed by atoms with Gasteiger partial charge < -0.3 is 18.9 Å². The second-order valence-electron chi connectivity index (χ2n) is 7.60. The third-order valence-corrected chi connectivity index (χ3v) is 6.54. The van der Waals surface area contributed by atoms with Crippen LogP contribution in [0.4, 0.5) is 0 Å². The van der Waals surface area contributed by atoms with Crippen LogP contribution in [0.3, 0.4) is 0 Å². The average molecular weight is 392 g/mol. The molecule has 1 spiro atoms. The van der Waals surface area contributed by atoms with Gasteiger partial charge in [0.25, 0.3) is 0 Å². The van der Waals surface area contributed by atoms with Crippen molar-refractivity contribution in [3.63, 3.8) is 0 Å². The lowest BCUT2D eigenvalue weighted by molar-refractivity contribution is -0.360. The first kappa shape index (κ1) is 19.1.